The van der Waals surface area contributed by atoms with E-state index in [2.05, 4.69) is 20.4 Å². The van der Waals surface area contributed by atoms with E-state index in [9.17, 15) is 18.0 Å². The number of aryl methyl sites for hydroxylation is 1. The number of fused-ring (bicyclic) bond motifs is 1. The lowest BCUT2D eigenvalue weighted by Gasteiger charge is -2.35. The van der Waals surface area contributed by atoms with Crippen LogP contribution in [0.2, 0.25) is 0 Å². The minimum Gasteiger partial charge on any atom is -0.475 e. The highest BCUT2D eigenvalue weighted by atomic mass is 19.4. The molecule has 0 saturated carbocycles. The number of nitrogens with one attached hydrogen (secondary N) is 1. The van der Waals surface area contributed by atoms with Gasteiger partial charge >= 0.3 is 12.1 Å². The second-order valence-corrected chi connectivity index (χ2v) is 7.39. The predicted molar refractivity (Wildman–Crippen MR) is 103 cm³/mol. The smallest absolute Gasteiger partial charge is 0.475 e. The number of carboxylic acid groups (broad SMARTS) is 1. The van der Waals surface area contributed by atoms with Gasteiger partial charge in [-0.05, 0) is 25.3 Å². The van der Waals surface area contributed by atoms with Gasteiger partial charge in [0.15, 0.2) is 0 Å². The van der Waals surface area contributed by atoms with Gasteiger partial charge in [-0.3, -0.25) is 4.79 Å². The van der Waals surface area contributed by atoms with Crippen molar-refractivity contribution in [1.82, 2.24) is 20.0 Å². The van der Waals surface area contributed by atoms with Crippen molar-refractivity contribution < 1.29 is 37.1 Å². The summed E-state index contributed by atoms with van der Waals surface area (Å²) in [7, 11) is 0. The molecule has 3 atom stereocenters. The Hall–Kier alpha value is -3.22. The number of hydrogen-bond donors (Lipinski definition) is 2. The summed E-state index contributed by atoms with van der Waals surface area (Å²) in [6.45, 7) is 4.57. The molecule has 4 heterocycles. The number of alkyl halides is 3. The van der Waals surface area contributed by atoms with Crippen LogP contribution >= 0.6 is 0 Å². The second kappa shape index (κ2) is 9.94. The molecule has 32 heavy (non-hydrogen) atoms. The predicted octanol–water partition coefficient (Wildman–Crippen LogP) is 2.00. The average Bonchev–Trinajstić information content (AvgIpc) is 3.37. The Labute approximate surface area is 180 Å². The summed E-state index contributed by atoms with van der Waals surface area (Å²) in [5.41, 5.74) is 0.553. The monoisotopic (exact) mass is 457 g/mol. The van der Waals surface area contributed by atoms with Crippen LogP contribution in [0.15, 0.2) is 29.2 Å². The van der Waals surface area contributed by atoms with E-state index in [0.29, 0.717) is 48.8 Å². The van der Waals surface area contributed by atoms with Gasteiger partial charge in [-0.25, -0.2) is 14.8 Å². The van der Waals surface area contributed by atoms with Crippen LogP contribution in [-0.4, -0.2) is 75.5 Å². The molecular weight excluding hydrogens is 435 g/mol. The topological polar surface area (TPSA) is 131 Å². The van der Waals surface area contributed by atoms with Crippen molar-refractivity contribution in [2.24, 2.45) is 11.8 Å². The highest BCUT2D eigenvalue weighted by Gasteiger charge is 2.42. The summed E-state index contributed by atoms with van der Waals surface area (Å²) in [6, 6.07) is 1.79. The summed E-state index contributed by atoms with van der Waals surface area (Å²) < 4.78 is 42.7. The summed E-state index contributed by atoms with van der Waals surface area (Å²) in [6.07, 6.45) is 0.905. The number of carbonyl (C=O) groups excluding carboxylic acids is 1. The number of ether oxygens (including phenoxy) is 1. The molecule has 2 saturated heterocycles. The molecule has 0 aliphatic carbocycles. The van der Waals surface area contributed by atoms with Crippen molar-refractivity contribution in [2.45, 2.75) is 25.6 Å². The minimum atomic E-state index is -5.08. The molecule has 4 rings (SSSR count). The number of anilines is 1. The number of rotatable bonds is 4. The standard InChI is InChI=1S/C17H21N5O3.C2HF3O2/c1-11-14(7-21-25-11)16(23)22-6-3-13-12(9-22)10-24-15(13)8-20-17-18-4-2-5-19-17;3-2(4,5)1(6)7/h2,4-5,7,12-13,15H,3,6,8-10H2,1H3,(H,18,19,20);(H,6,7)/t12-,13-,15+;/m1./s1. The number of carboxylic acids is 1. The van der Waals surface area contributed by atoms with Gasteiger partial charge in [0.05, 0.1) is 18.9 Å². The molecule has 2 N–H and O–H groups in total. The number of halogens is 3. The first-order valence-electron chi connectivity index (χ1n) is 9.80. The van der Waals surface area contributed by atoms with Crippen LogP contribution in [0.5, 0.6) is 0 Å². The van der Waals surface area contributed by atoms with Crippen molar-refractivity contribution in [2.75, 3.05) is 31.6 Å². The average molecular weight is 457 g/mol. The summed E-state index contributed by atoms with van der Waals surface area (Å²) in [4.78, 5) is 31.7. The van der Waals surface area contributed by atoms with Gasteiger partial charge in [0, 0.05) is 37.9 Å². The number of carbonyl (C=O) groups is 2. The van der Waals surface area contributed by atoms with Crippen LogP contribution in [0.25, 0.3) is 0 Å². The number of hydrogen-bond acceptors (Lipinski definition) is 8. The van der Waals surface area contributed by atoms with Crippen LogP contribution in [0.4, 0.5) is 19.1 Å². The molecule has 0 radical (unpaired) electrons. The Kier molecular flexibility index (Phi) is 7.28. The molecule has 0 unspecified atom stereocenters. The molecule has 0 spiro atoms. The van der Waals surface area contributed by atoms with E-state index in [1.165, 1.54) is 6.20 Å². The van der Waals surface area contributed by atoms with E-state index in [4.69, 9.17) is 19.2 Å². The summed E-state index contributed by atoms with van der Waals surface area (Å²) in [5.74, 6) is -0.765. The molecule has 10 nitrogen and oxygen atoms in total. The maximum absolute atomic E-state index is 12.6. The SMILES string of the molecule is Cc1oncc1C(=O)N1CC[C@@H]2[C@@H](CO[C@H]2CNc2ncccn2)C1.O=C(O)C(F)(F)F. The molecule has 1 amide bonds. The van der Waals surface area contributed by atoms with Gasteiger partial charge in [0.25, 0.3) is 5.91 Å². The lowest BCUT2D eigenvalue weighted by Crippen LogP contribution is -2.45. The Morgan fingerprint density at radius 2 is 2.00 bits per heavy atom. The van der Waals surface area contributed by atoms with E-state index < -0.39 is 12.1 Å². The zero-order valence-electron chi connectivity index (χ0n) is 17.1. The number of amides is 1. The fourth-order valence-corrected chi connectivity index (χ4v) is 3.74. The minimum absolute atomic E-state index is 0.00328. The maximum Gasteiger partial charge on any atom is 0.490 e. The van der Waals surface area contributed by atoms with E-state index in [1.807, 2.05) is 4.90 Å². The van der Waals surface area contributed by atoms with Crippen LogP contribution in [0, 0.1) is 18.8 Å². The zero-order valence-corrected chi connectivity index (χ0v) is 17.1. The molecule has 2 aromatic heterocycles. The van der Waals surface area contributed by atoms with Gasteiger partial charge in [0.1, 0.15) is 11.3 Å². The molecule has 0 aromatic carbocycles. The maximum atomic E-state index is 12.6. The molecule has 2 aliphatic heterocycles. The number of likely N-dealkylation sites (tertiary alicyclic amines) is 1. The lowest BCUT2D eigenvalue weighted by molar-refractivity contribution is -0.192. The van der Waals surface area contributed by atoms with Crippen LogP contribution < -0.4 is 5.32 Å². The number of nitrogens with zero attached hydrogens (tertiary/aromatic N) is 4. The molecule has 0 bridgehead atoms. The van der Waals surface area contributed by atoms with Crippen LogP contribution in [-0.2, 0) is 9.53 Å². The van der Waals surface area contributed by atoms with Crippen molar-refractivity contribution in [1.29, 1.82) is 0 Å². The lowest BCUT2D eigenvalue weighted by atomic mass is 9.84. The Morgan fingerprint density at radius 3 is 2.59 bits per heavy atom. The third-order valence-electron chi connectivity index (χ3n) is 5.33. The van der Waals surface area contributed by atoms with Crippen molar-refractivity contribution in [3.63, 3.8) is 0 Å². The molecular formula is C19H22F3N5O5. The molecule has 2 aliphatic rings. The Balaban J connectivity index is 0.000000360. The fourth-order valence-electron chi connectivity index (χ4n) is 3.74. The van der Waals surface area contributed by atoms with Gasteiger partial charge < -0.3 is 24.6 Å². The van der Waals surface area contributed by atoms with Crippen molar-refractivity contribution in [3.8, 4) is 0 Å². The Bertz CT molecular complexity index is 924. The molecule has 13 heteroatoms. The van der Waals surface area contributed by atoms with E-state index >= 15 is 0 Å². The van der Waals surface area contributed by atoms with Gasteiger partial charge in [0.2, 0.25) is 5.95 Å². The number of aliphatic carboxylic acids is 1. The largest absolute Gasteiger partial charge is 0.490 e. The van der Waals surface area contributed by atoms with Crippen LogP contribution in [0.1, 0.15) is 22.5 Å². The van der Waals surface area contributed by atoms with E-state index in [1.54, 1.807) is 25.4 Å². The third kappa shape index (κ3) is 5.72. The molecule has 2 aromatic rings. The summed E-state index contributed by atoms with van der Waals surface area (Å²) >= 11 is 0. The summed E-state index contributed by atoms with van der Waals surface area (Å²) in [5, 5.41) is 14.1. The fraction of sp³-hybridized carbons (Fsp3) is 0.526. The quantitative estimate of drug-likeness (QED) is 0.708. The number of piperidine rings is 1. The van der Waals surface area contributed by atoms with Crippen molar-refractivity contribution >= 4 is 17.8 Å². The molecule has 2 fully saturated rings. The first-order valence-corrected chi connectivity index (χ1v) is 9.80. The molecule has 174 valence electrons. The zero-order chi connectivity index (χ0) is 23.3. The van der Waals surface area contributed by atoms with Crippen molar-refractivity contribution in [3.05, 3.63) is 36.0 Å². The Morgan fingerprint density at radius 1 is 1.31 bits per heavy atom. The van der Waals surface area contributed by atoms with Gasteiger partial charge in [-0.1, -0.05) is 5.16 Å². The highest BCUT2D eigenvalue weighted by molar-refractivity contribution is 5.94. The van der Waals surface area contributed by atoms with Gasteiger partial charge in [-0.15, -0.1) is 0 Å². The third-order valence-corrected chi connectivity index (χ3v) is 5.33. The van der Waals surface area contributed by atoms with E-state index in [0.717, 1.165) is 13.0 Å². The normalized spacial score (nSPS) is 22.5. The highest BCUT2D eigenvalue weighted by Crippen LogP contribution is 2.35. The van der Waals surface area contributed by atoms with E-state index in [-0.39, 0.29) is 12.0 Å². The van der Waals surface area contributed by atoms with Crippen LogP contribution in [0.3, 0.4) is 0 Å². The first kappa shape index (κ1) is 23.4. The number of aromatic nitrogens is 3. The second-order valence-electron chi connectivity index (χ2n) is 7.39. The first-order chi connectivity index (χ1) is 15.2. The van der Waals surface area contributed by atoms with Gasteiger partial charge in [-0.2, -0.15) is 13.2 Å².